The number of halogens is 3. The Labute approximate surface area is 154 Å². The zero-order valence-corrected chi connectivity index (χ0v) is 16.0. The second-order valence-corrected chi connectivity index (χ2v) is 6.95. The molecule has 0 heterocycles. The lowest BCUT2D eigenvalue weighted by atomic mass is 10.2. The zero-order chi connectivity index (χ0) is 17.9. The highest BCUT2D eigenvalue weighted by Gasteiger charge is 2.21. The number of amides is 1. The maximum atomic E-state index is 13.8. The molecule has 24 heavy (non-hydrogen) atoms. The van der Waals surface area contributed by atoms with E-state index in [4.69, 9.17) is 16.3 Å². The second kappa shape index (κ2) is 7.99. The number of benzene rings is 2. The summed E-state index contributed by atoms with van der Waals surface area (Å²) in [5.41, 5.74) is 1.29. The van der Waals surface area contributed by atoms with Crippen molar-refractivity contribution in [3.05, 3.63) is 62.8 Å². The zero-order valence-electron chi connectivity index (χ0n) is 13.6. The van der Waals surface area contributed by atoms with Crippen molar-refractivity contribution in [1.82, 2.24) is 4.90 Å². The van der Waals surface area contributed by atoms with Crippen molar-refractivity contribution in [3.8, 4) is 5.75 Å². The van der Waals surface area contributed by atoms with Gasteiger partial charge < -0.3 is 9.64 Å². The minimum Gasteiger partial charge on any atom is -0.481 e. The summed E-state index contributed by atoms with van der Waals surface area (Å²) in [6, 6.07) is 9.87. The van der Waals surface area contributed by atoms with Crippen LogP contribution in [-0.2, 0) is 11.3 Å². The van der Waals surface area contributed by atoms with Gasteiger partial charge in [-0.3, -0.25) is 4.79 Å². The fraction of sp³-hybridized carbons (Fsp3) is 0.278. The van der Waals surface area contributed by atoms with Gasteiger partial charge in [0.1, 0.15) is 11.6 Å². The van der Waals surface area contributed by atoms with Crippen molar-refractivity contribution in [2.24, 2.45) is 0 Å². The minimum atomic E-state index is -0.690. The quantitative estimate of drug-likeness (QED) is 0.691. The molecule has 1 unspecified atom stereocenters. The molecule has 1 atom stereocenters. The summed E-state index contributed by atoms with van der Waals surface area (Å²) < 4.78 is 20.3. The fourth-order valence-corrected chi connectivity index (χ4v) is 2.93. The highest BCUT2D eigenvalue weighted by molar-refractivity contribution is 9.10. The third-order valence-corrected chi connectivity index (χ3v) is 4.31. The van der Waals surface area contributed by atoms with Gasteiger partial charge in [-0.05, 0) is 55.8 Å². The average molecular weight is 415 g/mol. The van der Waals surface area contributed by atoms with Crippen molar-refractivity contribution >= 4 is 33.4 Å². The molecule has 0 radical (unpaired) electrons. The maximum Gasteiger partial charge on any atom is 0.263 e. The van der Waals surface area contributed by atoms with Crippen LogP contribution in [0.3, 0.4) is 0 Å². The van der Waals surface area contributed by atoms with E-state index < -0.39 is 6.10 Å². The van der Waals surface area contributed by atoms with E-state index in [1.54, 1.807) is 44.3 Å². The first-order valence-electron chi connectivity index (χ1n) is 7.39. The van der Waals surface area contributed by atoms with Gasteiger partial charge in [-0.15, -0.1) is 0 Å². The highest BCUT2D eigenvalue weighted by Crippen LogP contribution is 2.23. The molecule has 6 heteroatoms. The molecule has 0 aliphatic carbocycles. The van der Waals surface area contributed by atoms with Gasteiger partial charge >= 0.3 is 0 Å². The van der Waals surface area contributed by atoms with Gasteiger partial charge in [0.05, 0.1) is 0 Å². The van der Waals surface area contributed by atoms with Gasteiger partial charge in [0.25, 0.3) is 5.91 Å². The molecular formula is C18H18BrClFNO2. The highest BCUT2D eigenvalue weighted by atomic mass is 79.9. The molecule has 3 nitrogen and oxygen atoms in total. The first-order chi connectivity index (χ1) is 11.3. The van der Waals surface area contributed by atoms with E-state index in [1.165, 1.54) is 11.0 Å². The number of carbonyl (C=O) groups is 1. The monoisotopic (exact) mass is 413 g/mol. The van der Waals surface area contributed by atoms with Gasteiger partial charge in [0.15, 0.2) is 6.10 Å². The van der Waals surface area contributed by atoms with Crippen LogP contribution in [0, 0.1) is 12.7 Å². The topological polar surface area (TPSA) is 29.5 Å². The van der Waals surface area contributed by atoms with E-state index in [-0.39, 0.29) is 18.3 Å². The summed E-state index contributed by atoms with van der Waals surface area (Å²) in [7, 11) is 1.62. The smallest absolute Gasteiger partial charge is 0.263 e. The van der Waals surface area contributed by atoms with Crippen LogP contribution in [0.5, 0.6) is 5.75 Å². The first kappa shape index (κ1) is 18.7. The van der Waals surface area contributed by atoms with Crippen molar-refractivity contribution in [2.45, 2.75) is 26.5 Å². The van der Waals surface area contributed by atoms with E-state index in [1.807, 2.05) is 6.92 Å². The summed E-state index contributed by atoms with van der Waals surface area (Å²) in [4.78, 5) is 13.9. The summed E-state index contributed by atoms with van der Waals surface area (Å²) in [5.74, 6) is 0.0194. The summed E-state index contributed by atoms with van der Waals surface area (Å²) in [6.45, 7) is 3.69. The van der Waals surface area contributed by atoms with E-state index >= 15 is 0 Å². The molecule has 0 aromatic heterocycles. The van der Waals surface area contributed by atoms with Crippen LogP contribution in [0.2, 0.25) is 5.02 Å². The Kier molecular flexibility index (Phi) is 6.24. The van der Waals surface area contributed by atoms with E-state index in [9.17, 15) is 9.18 Å². The van der Waals surface area contributed by atoms with Crippen molar-refractivity contribution in [1.29, 1.82) is 0 Å². The number of aryl methyl sites for hydroxylation is 1. The largest absolute Gasteiger partial charge is 0.481 e. The molecule has 0 N–H and O–H groups in total. The van der Waals surface area contributed by atoms with Crippen molar-refractivity contribution in [2.75, 3.05) is 7.05 Å². The Morgan fingerprint density at radius 3 is 2.71 bits per heavy atom. The number of carbonyl (C=O) groups excluding carboxylic acids is 1. The van der Waals surface area contributed by atoms with Gasteiger partial charge in [-0.2, -0.15) is 0 Å². The number of ether oxygens (including phenoxy) is 1. The molecule has 0 aliphatic rings. The third-order valence-electron chi connectivity index (χ3n) is 3.58. The van der Waals surface area contributed by atoms with Crippen LogP contribution >= 0.6 is 27.5 Å². The number of hydrogen-bond acceptors (Lipinski definition) is 2. The predicted octanol–water partition coefficient (Wildman–Crippen LogP) is 4.98. The Morgan fingerprint density at radius 2 is 2.04 bits per heavy atom. The van der Waals surface area contributed by atoms with Crippen LogP contribution < -0.4 is 4.74 Å². The molecule has 0 fully saturated rings. The lowest BCUT2D eigenvalue weighted by molar-refractivity contribution is -0.137. The molecule has 0 aliphatic heterocycles. The SMILES string of the molecule is Cc1cc(Cl)ccc1OC(C)C(=O)N(C)Cc1cc(Br)ccc1F. The van der Waals surface area contributed by atoms with Gasteiger partial charge in [0.2, 0.25) is 0 Å². The molecule has 128 valence electrons. The van der Waals surface area contributed by atoms with Crippen molar-refractivity contribution < 1.29 is 13.9 Å². The van der Waals surface area contributed by atoms with Crippen LogP contribution in [0.15, 0.2) is 40.9 Å². The van der Waals surface area contributed by atoms with E-state index in [0.717, 1.165) is 10.0 Å². The third kappa shape index (κ3) is 4.71. The Balaban J connectivity index is 2.05. The molecule has 0 bridgehead atoms. The van der Waals surface area contributed by atoms with Gasteiger partial charge in [-0.1, -0.05) is 27.5 Å². The normalized spacial score (nSPS) is 11.9. The summed E-state index contributed by atoms with van der Waals surface area (Å²) in [6.07, 6.45) is -0.690. The van der Waals surface area contributed by atoms with Crippen LogP contribution in [0.4, 0.5) is 4.39 Å². The average Bonchev–Trinajstić information content (AvgIpc) is 2.52. The molecule has 2 aromatic rings. The summed E-state index contributed by atoms with van der Waals surface area (Å²) >= 11 is 9.22. The Bertz CT molecular complexity index is 754. The lowest BCUT2D eigenvalue weighted by Crippen LogP contribution is -2.37. The van der Waals surface area contributed by atoms with Gasteiger partial charge in [-0.25, -0.2) is 4.39 Å². The summed E-state index contributed by atoms with van der Waals surface area (Å²) in [5, 5.41) is 0.612. The molecule has 2 aromatic carbocycles. The number of rotatable bonds is 5. The van der Waals surface area contributed by atoms with Crippen molar-refractivity contribution in [3.63, 3.8) is 0 Å². The van der Waals surface area contributed by atoms with Gasteiger partial charge in [0, 0.05) is 28.7 Å². The molecular weight excluding hydrogens is 397 g/mol. The van der Waals surface area contributed by atoms with E-state index in [0.29, 0.717) is 16.3 Å². The molecule has 0 spiro atoms. The molecule has 2 rings (SSSR count). The first-order valence-corrected chi connectivity index (χ1v) is 8.56. The standard InChI is InChI=1S/C18H18BrClFNO2/c1-11-8-15(20)5-7-17(11)24-12(2)18(23)22(3)10-13-9-14(19)4-6-16(13)21/h4-9,12H,10H2,1-3H3. The Morgan fingerprint density at radius 1 is 1.33 bits per heavy atom. The lowest BCUT2D eigenvalue weighted by Gasteiger charge is -2.23. The molecule has 1 amide bonds. The number of hydrogen-bond donors (Lipinski definition) is 0. The molecule has 0 saturated heterocycles. The van der Waals surface area contributed by atoms with Crippen LogP contribution in [0.25, 0.3) is 0 Å². The fourth-order valence-electron chi connectivity index (χ4n) is 2.29. The minimum absolute atomic E-state index is 0.164. The maximum absolute atomic E-state index is 13.8. The molecule has 0 saturated carbocycles. The second-order valence-electron chi connectivity index (χ2n) is 5.60. The van der Waals surface area contributed by atoms with Crippen LogP contribution in [-0.4, -0.2) is 24.0 Å². The predicted molar refractivity (Wildman–Crippen MR) is 96.9 cm³/mol. The number of likely N-dealkylation sites (N-methyl/N-ethyl adjacent to an activating group) is 1. The number of nitrogens with zero attached hydrogens (tertiary/aromatic N) is 1. The van der Waals surface area contributed by atoms with E-state index in [2.05, 4.69) is 15.9 Å². The Hall–Kier alpha value is -1.59. The van der Waals surface area contributed by atoms with Crippen LogP contribution in [0.1, 0.15) is 18.1 Å².